The van der Waals surface area contributed by atoms with Crippen molar-refractivity contribution in [3.05, 3.63) is 29.8 Å². The standard InChI is InChI=1S/C14H26O4Si2/c1-7-16-19(3,4)18-20(5,6)17-12-13-8-10-14(15-2)11-9-13/h8-11H,7,12H2,1-6H3. The summed E-state index contributed by atoms with van der Waals surface area (Å²) < 4.78 is 23.0. The van der Waals surface area contributed by atoms with Crippen LogP contribution in [0.3, 0.4) is 0 Å². The van der Waals surface area contributed by atoms with E-state index < -0.39 is 17.1 Å². The number of rotatable bonds is 8. The molecule has 0 N–H and O–H groups in total. The molecule has 0 saturated heterocycles. The Morgan fingerprint density at radius 2 is 1.45 bits per heavy atom. The van der Waals surface area contributed by atoms with Gasteiger partial charge in [0.05, 0.1) is 13.7 Å². The Bertz CT molecular complexity index is 404. The van der Waals surface area contributed by atoms with E-state index in [0.717, 1.165) is 11.3 Å². The van der Waals surface area contributed by atoms with Crippen LogP contribution < -0.4 is 4.74 Å². The third-order valence-corrected chi connectivity index (χ3v) is 8.49. The van der Waals surface area contributed by atoms with Crippen LogP contribution in [0.5, 0.6) is 5.75 Å². The first-order chi connectivity index (χ1) is 9.28. The van der Waals surface area contributed by atoms with Crippen LogP contribution in [0, 0.1) is 0 Å². The fourth-order valence-corrected chi connectivity index (χ4v) is 8.39. The van der Waals surface area contributed by atoms with Gasteiger partial charge in [0.15, 0.2) is 0 Å². The number of methoxy groups -OCH3 is 1. The second-order valence-electron chi connectivity index (χ2n) is 5.47. The molecule has 1 aromatic rings. The van der Waals surface area contributed by atoms with Crippen molar-refractivity contribution in [2.24, 2.45) is 0 Å². The first kappa shape index (κ1) is 17.4. The molecule has 0 heterocycles. The fraction of sp³-hybridized carbons (Fsp3) is 0.571. The minimum absolute atomic E-state index is 0.555. The van der Waals surface area contributed by atoms with E-state index in [-0.39, 0.29) is 0 Å². The monoisotopic (exact) mass is 314 g/mol. The summed E-state index contributed by atoms with van der Waals surface area (Å²) in [4.78, 5) is 0. The highest BCUT2D eigenvalue weighted by atomic mass is 28.5. The Labute approximate surface area is 124 Å². The summed E-state index contributed by atoms with van der Waals surface area (Å²) in [7, 11) is -2.59. The number of hydrogen-bond acceptors (Lipinski definition) is 4. The largest absolute Gasteiger partial charge is 0.497 e. The van der Waals surface area contributed by atoms with E-state index >= 15 is 0 Å². The van der Waals surface area contributed by atoms with Gasteiger partial charge in [0.2, 0.25) is 0 Å². The van der Waals surface area contributed by atoms with Crippen LogP contribution in [0.25, 0.3) is 0 Å². The van der Waals surface area contributed by atoms with Gasteiger partial charge in [-0.3, -0.25) is 0 Å². The fourth-order valence-electron chi connectivity index (χ4n) is 1.98. The van der Waals surface area contributed by atoms with E-state index in [0.29, 0.717) is 13.2 Å². The predicted molar refractivity (Wildman–Crippen MR) is 85.5 cm³/mol. The van der Waals surface area contributed by atoms with Crippen molar-refractivity contribution in [2.45, 2.75) is 39.7 Å². The van der Waals surface area contributed by atoms with Crippen LogP contribution in [0.1, 0.15) is 12.5 Å². The van der Waals surface area contributed by atoms with Crippen molar-refractivity contribution in [3.63, 3.8) is 0 Å². The first-order valence-electron chi connectivity index (χ1n) is 6.89. The lowest BCUT2D eigenvalue weighted by Gasteiger charge is -2.32. The zero-order chi connectivity index (χ0) is 15.2. The van der Waals surface area contributed by atoms with Gasteiger partial charge in [-0.1, -0.05) is 12.1 Å². The molecule has 1 aromatic carbocycles. The molecule has 0 fully saturated rings. The van der Waals surface area contributed by atoms with Crippen LogP contribution >= 0.6 is 0 Å². The van der Waals surface area contributed by atoms with Crippen LogP contribution in [0.15, 0.2) is 24.3 Å². The van der Waals surface area contributed by atoms with Gasteiger partial charge in [-0.2, -0.15) is 0 Å². The molecule has 4 nitrogen and oxygen atoms in total. The number of hydrogen-bond donors (Lipinski definition) is 0. The third kappa shape index (κ3) is 6.19. The van der Waals surface area contributed by atoms with E-state index in [2.05, 4.69) is 26.2 Å². The normalized spacial score (nSPS) is 12.5. The molecule has 0 atom stereocenters. The number of benzene rings is 1. The van der Waals surface area contributed by atoms with E-state index in [4.69, 9.17) is 17.7 Å². The molecular formula is C14H26O4Si2. The van der Waals surface area contributed by atoms with E-state index in [1.807, 2.05) is 31.2 Å². The van der Waals surface area contributed by atoms with Crippen molar-refractivity contribution in [1.29, 1.82) is 0 Å². The Hall–Kier alpha value is -0.666. The number of ether oxygens (including phenoxy) is 1. The smallest absolute Gasteiger partial charge is 0.323 e. The molecule has 0 amide bonds. The molecule has 0 bridgehead atoms. The van der Waals surface area contributed by atoms with Crippen LogP contribution in [0.4, 0.5) is 0 Å². The summed E-state index contributed by atoms with van der Waals surface area (Å²) in [5.74, 6) is 0.853. The zero-order valence-electron chi connectivity index (χ0n) is 13.4. The lowest BCUT2D eigenvalue weighted by molar-refractivity contribution is 0.195. The second-order valence-corrected chi connectivity index (χ2v) is 12.5. The van der Waals surface area contributed by atoms with Crippen LogP contribution in [-0.2, 0) is 19.6 Å². The van der Waals surface area contributed by atoms with Gasteiger partial charge >= 0.3 is 17.1 Å². The summed E-state index contributed by atoms with van der Waals surface area (Å²) in [5, 5.41) is 0. The highest BCUT2D eigenvalue weighted by molar-refractivity contribution is 6.78. The Morgan fingerprint density at radius 1 is 0.900 bits per heavy atom. The van der Waals surface area contributed by atoms with Gasteiger partial charge in [-0.15, -0.1) is 0 Å². The molecule has 0 unspecified atom stereocenters. The van der Waals surface area contributed by atoms with Crippen molar-refractivity contribution in [3.8, 4) is 5.75 Å². The van der Waals surface area contributed by atoms with Crippen LogP contribution in [-0.4, -0.2) is 30.8 Å². The maximum atomic E-state index is 6.14. The molecule has 1 rings (SSSR count). The minimum Gasteiger partial charge on any atom is -0.497 e. The maximum Gasteiger partial charge on any atom is 0.323 e. The van der Waals surface area contributed by atoms with Crippen molar-refractivity contribution < 1.29 is 17.7 Å². The highest BCUT2D eigenvalue weighted by Gasteiger charge is 2.36. The van der Waals surface area contributed by atoms with Crippen LogP contribution in [0.2, 0.25) is 26.2 Å². The quantitative estimate of drug-likeness (QED) is 0.686. The molecule has 0 aromatic heterocycles. The van der Waals surface area contributed by atoms with E-state index in [9.17, 15) is 0 Å². The topological polar surface area (TPSA) is 36.9 Å². The van der Waals surface area contributed by atoms with Gasteiger partial charge in [-0.05, 0) is 50.8 Å². The molecule has 6 heteroatoms. The molecule has 20 heavy (non-hydrogen) atoms. The SMILES string of the molecule is CCO[Si](C)(C)O[Si](C)(C)OCc1ccc(OC)cc1. The molecule has 0 saturated carbocycles. The predicted octanol–water partition coefficient (Wildman–Crippen LogP) is 3.67. The highest BCUT2D eigenvalue weighted by Crippen LogP contribution is 2.19. The van der Waals surface area contributed by atoms with Gasteiger partial charge in [0.25, 0.3) is 0 Å². The van der Waals surface area contributed by atoms with Gasteiger partial charge in [-0.25, -0.2) is 0 Å². The first-order valence-corrected chi connectivity index (χ1v) is 12.5. The Balaban J connectivity index is 2.53. The third-order valence-electron chi connectivity index (χ3n) is 2.73. The minimum atomic E-state index is -2.18. The lowest BCUT2D eigenvalue weighted by atomic mass is 10.2. The molecular weight excluding hydrogens is 288 g/mol. The average molecular weight is 315 g/mol. The van der Waals surface area contributed by atoms with Gasteiger partial charge < -0.3 is 17.7 Å². The van der Waals surface area contributed by atoms with Gasteiger partial charge in [0, 0.05) is 6.61 Å². The Kier molecular flexibility index (Phi) is 6.41. The zero-order valence-corrected chi connectivity index (χ0v) is 15.4. The molecule has 0 aliphatic rings. The maximum absolute atomic E-state index is 6.14. The van der Waals surface area contributed by atoms with Gasteiger partial charge in [0.1, 0.15) is 5.75 Å². The summed E-state index contributed by atoms with van der Waals surface area (Å²) in [5.41, 5.74) is 1.12. The molecule has 0 radical (unpaired) electrons. The summed E-state index contributed by atoms with van der Waals surface area (Å²) >= 11 is 0. The van der Waals surface area contributed by atoms with Crippen molar-refractivity contribution in [2.75, 3.05) is 13.7 Å². The summed E-state index contributed by atoms with van der Waals surface area (Å²) in [6, 6.07) is 7.89. The molecule has 0 aliphatic carbocycles. The van der Waals surface area contributed by atoms with E-state index in [1.165, 1.54) is 0 Å². The molecule has 114 valence electrons. The lowest BCUT2D eigenvalue weighted by Crippen LogP contribution is -2.48. The van der Waals surface area contributed by atoms with E-state index in [1.54, 1.807) is 7.11 Å². The molecule has 0 aliphatic heterocycles. The second kappa shape index (κ2) is 7.37. The summed E-state index contributed by atoms with van der Waals surface area (Å²) in [6.45, 7) is 11.5. The van der Waals surface area contributed by atoms with Crippen molar-refractivity contribution >= 4 is 17.1 Å². The Morgan fingerprint density at radius 3 is 1.95 bits per heavy atom. The molecule has 0 spiro atoms. The van der Waals surface area contributed by atoms with Crippen molar-refractivity contribution in [1.82, 2.24) is 0 Å². The average Bonchev–Trinajstić information content (AvgIpc) is 2.35. The summed E-state index contributed by atoms with van der Waals surface area (Å²) in [6.07, 6.45) is 0.